The molecule has 0 radical (unpaired) electrons. The third kappa shape index (κ3) is 2.85. The highest BCUT2D eigenvalue weighted by Gasteiger charge is 2.29. The molecule has 1 aliphatic heterocycles. The Balaban J connectivity index is 1.69. The van der Waals surface area contributed by atoms with Crippen molar-refractivity contribution in [3.05, 3.63) is 42.1 Å². The van der Waals surface area contributed by atoms with Crippen molar-refractivity contribution in [2.45, 2.75) is 12.5 Å². The highest BCUT2D eigenvalue weighted by molar-refractivity contribution is 6.01. The second kappa shape index (κ2) is 5.55. The molecule has 0 bridgehead atoms. The zero-order chi connectivity index (χ0) is 13.1. The highest BCUT2D eigenvalue weighted by atomic mass is 16.5. The van der Waals surface area contributed by atoms with Gasteiger partial charge in [0.25, 0.3) is 0 Å². The second-order valence-electron chi connectivity index (χ2n) is 4.91. The van der Waals surface area contributed by atoms with Gasteiger partial charge in [0, 0.05) is 31.2 Å². The minimum absolute atomic E-state index is 0.195. The van der Waals surface area contributed by atoms with Crippen molar-refractivity contribution in [3.8, 4) is 0 Å². The Labute approximate surface area is 113 Å². The molecule has 3 rings (SSSR count). The SMILES string of the molecule is O=C1C[C@@H](N2CCOCC2)C=C1Nc1ccccc1. The number of rotatable bonds is 3. The van der Waals surface area contributed by atoms with Crippen molar-refractivity contribution in [2.75, 3.05) is 31.6 Å². The van der Waals surface area contributed by atoms with Gasteiger partial charge >= 0.3 is 0 Å². The monoisotopic (exact) mass is 258 g/mol. The zero-order valence-corrected chi connectivity index (χ0v) is 10.8. The van der Waals surface area contributed by atoms with Gasteiger partial charge in [-0.1, -0.05) is 18.2 Å². The van der Waals surface area contributed by atoms with Gasteiger partial charge in [0.1, 0.15) is 0 Å². The van der Waals surface area contributed by atoms with Crippen LogP contribution in [0, 0.1) is 0 Å². The van der Waals surface area contributed by atoms with E-state index in [1.807, 2.05) is 30.3 Å². The van der Waals surface area contributed by atoms with E-state index in [1.54, 1.807) is 0 Å². The quantitative estimate of drug-likeness (QED) is 0.895. The van der Waals surface area contributed by atoms with Gasteiger partial charge in [-0.05, 0) is 18.2 Å². The number of Topliss-reactive ketones (excluding diaryl/α,β-unsaturated/α-hetero) is 1. The van der Waals surface area contributed by atoms with E-state index in [9.17, 15) is 4.79 Å². The van der Waals surface area contributed by atoms with Gasteiger partial charge in [0.05, 0.1) is 18.9 Å². The first kappa shape index (κ1) is 12.4. The van der Waals surface area contributed by atoms with Gasteiger partial charge in [0.15, 0.2) is 5.78 Å². The number of nitrogens with one attached hydrogen (secondary N) is 1. The summed E-state index contributed by atoms with van der Waals surface area (Å²) in [5.74, 6) is 0.195. The van der Waals surface area contributed by atoms with Crippen LogP contribution in [0.4, 0.5) is 5.69 Å². The van der Waals surface area contributed by atoms with Crippen molar-refractivity contribution >= 4 is 11.5 Å². The average Bonchev–Trinajstić information content (AvgIpc) is 2.82. The fourth-order valence-corrected chi connectivity index (χ4v) is 2.58. The second-order valence-corrected chi connectivity index (χ2v) is 4.91. The lowest BCUT2D eigenvalue weighted by Gasteiger charge is -2.30. The number of ether oxygens (including phenoxy) is 1. The van der Waals surface area contributed by atoms with Crippen LogP contribution in [-0.2, 0) is 9.53 Å². The third-order valence-corrected chi connectivity index (χ3v) is 3.62. The first-order valence-electron chi connectivity index (χ1n) is 6.72. The summed E-state index contributed by atoms with van der Waals surface area (Å²) in [5.41, 5.74) is 1.69. The Morgan fingerprint density at radius 2 is 1.89 bits per heavy atom. The van der Waals surface area contributed by atoms with Crippen LogP contribution in [0.3, 0.4) is 0 Å². The lowest BCUT2D eigenvalue weighted by atomic mass is 10.2. The maximum absolute atomic E-state index is 12.0. The smallest absolute Gasteiger partial charge is 0.180 e. The molecule has 1 aliphatic carbocycles. The molecule has 4 nitrogen and oxygen atoms in total. The Morgan fingerprint density at radius 1 is 1.16 bits per heavy atom. The van der Waals surface area contributed by atoms with Crippen molar-refractivity contribution in [1.29, 1.82) is 0 Å². The van der Waals surface area contributed by atoms with E-state index in [1.165, 1.54) is 0 Å². The van der Waals surface area contributed by atoms with Crippen molar-refractivity contribution in [3.63, 3.8) is 0 Å². The highest BCUT2D eigenvalue weighted by Crippen LogP contribution is 2.22. The number of benzene rings is 1. The number of para-hydroxylation sites is 1. The molecule has 0 aromatic heterocycles. The number of allylic oxidation sites excluding steroid dienone is 1. The molecular weight excluding hydrogens is 240 g/mol. The van der Waals surface area contributed by atoms with E-state index in [4.69, 9.17) is 4.74 Å². The maximum atomic E-state index is 12.0. The van der Waals surface area contributed by atoms with Crippen LogP contribution in [0.25, 0.3) is 0 Å². The summed E-state index contributed by atoms with van der Waals surface area (Å²) < 4.78 is 5.35. The van der Waals surface area contributed by atoms with Crippen LogP contribution in [0.2, 0.25) is 0 Å². The molecule has 4 heteroatoms. The number of carbonyl (C=O) groups excluding carboxylic acids is 1. The molecule has 2 aliphatic rings. The Bertz CT molecular complexity index is 478. The van der Waals surface area contributed by atoms with E-state index in [2.05, 4.69) is 16.3 Å². The van der Waals surface area contributed by atoms with Gasteiger partial charge in [0.2, 0.25) is 0 Å². The number of ketones is 1. The topological polar surface area (TPSA) is 41.6 Å². The molecule has 1 aromatic rings. The molecule has 1 fully saturated rings. The predicted octanol–water partition coefficient (Wildman–Crippen LogP) is 1.66. The molecule has 1 N–H and O–H groups in total. The summed E-state index contributed by atoms with van der Waals surface area (Å²) in [4.78, 5) is 14.4. The van der Waals surface area contributed by atoms with Crippen LogP contribution < -0.4 is 5.32 Å². The lowest BCUT2D eigenvalue weighted by molar-refractivity contribution is -0.115. The van der Waals surface area contributed by atoms with Crippen LogP contribution in [0.1, 0.15) is 6.42 Å². The molecule has 0 saturated carbocycles. The van der Waals surface area contributed by atoms with E-state index < -0.39 is 0 Å². The zero-order valence-electron chi connectivity index (χ0n) is 10.8. The minimum atomic E-state index is 0.195. The first-order chi connectivity index (χ1) is 9.33. The van der Waals surface area contributed by atoms with E-state index >= 15 is 0 Å². The molecule has 1 aromatic carbocycles. The van der Waals surface area contributed by atoms with Crippen LogP contribution in [0.15, 0.2) is 42.1 Å². The van der Waals surface area contributed by atoms with Crippen molar-refractivity contribution < 1.29 is 9.53 Å². The fraction of sp³-hybridized carbons (Fsp3) is 0.400. The fourth-order valence-electron chi connectivity index (χ4n) is 2.58. The summed E-state index contributed by atoms with van der Waals surface area (Å²) in [6.45, 7) is 3.35. The number of carbonyl (C=O) groups is 1. The van der Waals surface area contributed by atoms with Gasteiger partial charge < -0.3 is 10.1 Å². The molecular formula is C15H18N2O2. The van der Waals surface area contributed by atoms with Gasteiger partial charge in [-0.25, -0.2) is 0 Å². The van der Waals surface area contributed by atoms with Gasteiger partial charge in [-0.2, -0.15) is 0 Å². The summed E-state index contributed by atoms with van der Waals surface area (Å²) >= 11 is 0. The number of anilines is 1. The third-order valence-electron chi connectivity index (χ3n) is 3.62. The van der Waals surface area contributed by atoms with E-state index in [-0.39, 0.29) is 11.8 Å². The maximum Gasteiger partial charge on any atom is 0.180 e. The number of nitrogens with zero attached hydrogens (tertiary/aromatic N) is 1. The largest absolute Gasteiger partial charge is 0.379 e. The summed E-state index contributed by atoms with van der Waals surface area (Å²) in [6.07, 6.45) is 2.63. The summed E-state index contributed by atoms with van der Waals surface area (Å²) in [7, 11) is 0. The lowest BCUT2D eigenvalue weighted by Crippen LogP contribution is -2.42. The number of morpholine rings is 1. The van der Waals surface area contributed by atoms with E-state index in [0.29, 0.717) is 6.42 Å². The number of hydrogen-bond donors (Lipinski definition) is 1. The van der Waals surface area contributed by atoms with Crippen molar-refractivity contribution in [2.24, 2.45) is 0 Å². The van der Waals surface area contributed by atoms with Crippen molar-refractivity contribution in [1.82, 2.24) is 4.90 Å². The molecule has 0 amide bonds. The normalized spacial score (nSPS) is 24.3. The minimum Gasteiger partial charge on any atom is -0.379 e. The standard InChI is InChI=1S/C15H18N2O2/c18-15-11-13(17-6-8-19-9-7-17)10-14(15)16-12-4-2-1-3-5-12/h1-5,10,13,16H,6-9,11H2/t13-/m0/s1. The Kier molecular flexibility index (Phi) is 3.62. The van der Waals surface area contributed by atoms with Crippen LogP contribution >= 0.6 is 0 Å². The summed E-state index contributed by atoms with van der Waals surface area (Å²) in [6, 6.07) is 10.0. The molecule has 1 heterocycles. The molecule has 1 saturated heterocycles. The Hall–Kier alpha value is -1.65. The molecule has 19 heavy (non-hydrogen) atoms. The van der Waals surface area contributed by atoms with Crippen LogP contribution in [-0.4, -0.2) is 43.0 Å². The Morgan fingerprint density at radius 3 is 2.63 bits per heavy atom. The predicted molar refractivity (Wildman–Crippen MR) is 74.0 cm³/mol. The molecule has 0 unspecified atom stereocenters. The van der Waals surface area contributed by atoms with Crippen LogP contribution in [0.5, 0.6) is 0 Å². The van der Waals surface area contributed by atoms with E-state index in [0.717, 1.165) is 37.7 Å². The first-order valence-corrected chi connectivity index (χ1v) is 6.72. The van der Waals surface area contributed by atoms with Gasteiger partial charge in [-0.3, -0.25) is 9.69 Å². The molecule has 0 spiro atoms. The molecule has 1 atom stereocenters. The average molecular weight is 258 g/mol. The summed E-state index contributed by atoms with van der Waals surface area (Å²) in [5, 5.41) is 3.21. The number of hydrogen-bond acceptors (Lipinski definition) is 4. The molecule has 100 valence electrons. The van der Waals surface area contributed by atoms with Gasteiger partial charge in [-0.15, -0.1) is 0 Å².